The van der Waals surface area contributed by atoms with Gasteiger partial charge in [-0.1, -0.05) is 19.1 Å². The molecule has 0 radical (unpaired) electrons. The van der Waals surface area contributed by atoms with E-state index in [2.05, 4.69) is 36.2 Å². The summed E-state index contributed by atoms with van der Waals surface area (Å²) in [4.78, 5) is 0. The predicted molar refractivity (Wildman–Crippen MR) is 71.3 cm³/mol. The first kappa shape index (κ1) is 13.3. The van der Waals surface area contributed by atoms with Crippen molar-refractivity contribution in [3.05, 3.63) is 12.2 Å². The van der Waals surface area contributed by atoms with E-state index >= 15 is 0 Å². The minimum atomic E-state index is 0.839. The van der Waals surface area contributed by atoms with E-state index in [1.807, 2.05) is 0 Å². The lowest BCUT2D eigenvalue weighted by atomic mass is 9.97. The Kier molecular flexibility index (Phi) is 7.90. The van der Waals surface area contributed by atoms with Crippen LogP contribution < -0.4 is 5.32 Å². The quantitative estimate of drug-likeness (QED) is 0.424. The molecule has 1 nitrogen and oxygen atoms in total. The van der Waals surface area contributed by atoms with Crippen molar-refractivity contribution in [3.8, 4) is 11.8 Å². The molecule has 0 fully saturated rings. The van der Waals surface area contributed by atoms with Gasteiger partial charge in [0.1, 0.15) is 0 Å². The molecule has 0 heterocycles. The molecule has 0 aromatic carbocycles. The molecule has 1 heteroatoms. The molecule has 1 N–H and O–H groups in total. The minimum Gasteiger partial charge on any atom is -0.316 e. The molecule has 1 aliphatic carbocycles. The maximum atomic E-state index is 3.37. The van der Waals surface area contributed by atoms with Gasteiger partial charge in [-0.25, -0.2) is 0 Å². The molecule has 0 aromatic heterocycles. The van der Waals surface area contributed by atoms with Gasteiger partial charge in [0.2, 0.25) is 0 Å². The summed E-state index contributed by atoms with van der Waals surface area (Å²) in [6.45, 7) is 4.36. The summed E-state index contributed by atoms with van der Waals surface area (Å²) in [6, 6.07) is 0. The molecule has 1 rings (SSSR count). The number of allylic oxidation sites excluding steroid dienone is 2. The molecule has 0 amide bonds. The van der Waals surface area contributed by atoms with Crippen LogP contribution in [0, 0.1) is 17.8 Å². The van der Waals surface area contributed by atoms with Crippen molar-refractivity contribution < 1.29 is 0 Å². The molecule has 0 saturated carbocycles. The Labute approximate surface area is 101 Å². The van der Waals surface area contributed by atoms with Gasteiger partial charge in [-0.3, -0.25) is 0 Å². The largest absolute Gasteiger partial charge is 0.316 e. The highest BCUT2D eigenvalue weighted by atomic mass is 14.8. The molecule has 0 aliphatic heterocycles. The molecule has 16 heavy (non-hydrogen) atoms. The molecule has 0 spiro atoms. The zero-order valence-corrected chi connectivity index (χ0v) is 10.6. The van der Waals surface area contributed by atoms with Crippen molar-refractivity contribution in [2.75, 3.05) is 13.1 Å². The highest BCUT2D eigenvalue weighted by molar-refractivity contribution is 5.01. The van der Waals surface area contributed by atoms with Crippen LogP contribution in [-0.2, 0) is 0 Å². The monoisotopic (exact) mass is 219 g/mol. The first-order valence-corrected chi connectivity index (χ1v) is 6.75. The third-order valence-electron chi connectivity index (χ3n) is 3.02. The van der Waals surface area contributed by atoms with Gasteiger partial charge in [-0.2, -0.15) is 0 Å². The zero-order valence-electron chi connectivity index (χ0n) is 10.6. The van der Waals surface area contributed by atoms with Crippen LogP contribution in [0.25, 0.3) is 0 Å². The van der Waals surface area contributed by atoms with Crippen LogP contribution in [0.15, 0.2) is 12.2 Å². The second-order valence-electron chi connectivity index (χ2n) is 4.55. The lowest BCUT2D eigenvalue weighted by molar-refractivity contribution is 0.479. The van der Waals surface area contributed by atoms with Gasteiger partial charge >= 0.3 is 0 Å². The average Bonchev–Trinajstić information content (AvgIpc) is 2.56. The van der Waals surface area contributed by atoms with E-state index in [1.54, 1.807) is 0 Å². The van der Waals surface area contributed by atoms with Crippen molar-refractivity contribution in [1.82, 2.24) is 5.32 Å². The Morgan fingerprint density at radius 1 is 1.12 bits per heavy atom. The van der Waals surface area contributed by atoms with Gasteiger partial charge in [-0.15, -0.1) is 11.8 Å². The Morgan fingerprint density at radius 2 is 1.88 bits per heavy atom. The standard InChI is InChI=1S/C15H25N/c1-2-13-16-14-9-5-8-12-15-10-6-3-4-7-11-15/h3-4,15-16H,2,6-7,9-14H2,1H3. The first-order chi connectivity index (χ1) is 7.93. The Morgan fingerprint density at radius 3 is 2.56 bits per heavy atom. The Bertz CT molecular complexity index is 234. The summed E-state index contributed by atoms with van der Waals surface area (Å²) in [5, 5.41) is 3.37. The molecule has 0 atom stereocenters. The summed E-state index contributed by atoms with van der Waals surface area (Å²) in [6.07, 6.45) is 13.1. The van der Waals surface area contributed by atoms with Crippen molar-refractivity contribution in [3.63, 3.8) is 0 Å². The molecule has 0 saturated heterocycles. The second kappa shape index (κ2) is 9.48. The van der Waals surface area contributed by atoms with Gasteiger partial charge in [0.25, 0.3) is 0 Å². The number of rotatable bonds is 5. The summed E-state index contributed by atoms with van der Waals surface area (Å²) in [5.74, 6) is 7.46. The molecule has 1 aliphatic rings. The molecule has 0 unspecified atom stereocenters. The van der Waals surface area contributed by atoms with Crippen LogP contribution in [0.5, 0.6) is 0 Å². The van der Waals surface area contributed by atoms with Gasteiger partial charge in [0.15, 0.2) is 0 Å². The van der Waals surface area contributed by atoms with Gasteiger partial charge in [0.05, 0.1) is 0 Å². The van der Waals surface area contributed by atoms with E-state index in [4.69, 9.17) is 0 Å². The molecular weight excluding hydrogens is 194 g/mol. The summed E-state index contributed by atoms with van der Waals surface area (Å²) in [5.41, 5.74) is 0. The van der Waals surface area contributed by atoms with Crippen LogP contribution in [-0.4, -0.2) is 13.1 Å². The molecule has 0 bridgehead atoms. The van der Waals surface area contributed by atoms with Crippen LogP contribution in [0.3, 0.4) is 0 Å². The fourth-order valence-corrected chi connectivity index (χ4v) is 2.01. The van der Waals surface area contributed by atoms with E-state index < -0.39 is 0 Å². The summed E-state index contributed by atoms with van der Waals surface area (Å²) in [7, 11) is 0. The fraction of sp³-hybridized carbons (Fsp3) is 0.733. The van der Waals surface area contributed by atoms with E-state index in [0.29, 0.717) is 0 Å². The average molecular weight is 219 g/mol. The highest BCUT2D eigenvalue weighted by Crippen LogP contribution is 2.20. The van der Waals surface area contributed by atoms with Crippen molar-refractivity contribution in [2.45, 2.75) is 51.9 Å². The molecule has 90 valence electrons. The maximum Gasteiger partial charge on any atom is 0.0214 e. The lowest BCUT2D eigenvalue weighted by Gasteiger charge is -2.08. The van der Waals surface area contributed by atoms with Crippen LogP contribution in [0.1, 0.15) is 51.9 Å². The minimum absolute atomic E-state index is 0.839. The summed E-state index contributed by atoms with van der Waals surface area (Å²) >= 11 is 0. The van der Waals surface area contributed by atoms with Crippen LogP contribution in [0.4, 0.5) is 0 Å². The first-order valence-electron chi connectivity index (χ1n) is 6.75. The number of hydrogen-bond donors (Lipinski definition) is 1. The second-order valence-corrected chi connectivity index (χ2v) is 4.55. The number of nitrogens with one attached hydrogen (secondary N) is 1. The summed E-state index contributed by atoms with van der Waals surface area (Å²) < 4.78 is 0. The predicted octanol–water partition coefficient (Wildman–Crippen LogP) is 3.52. The number of hydrogen-bond acceptors (Lipinski definition) is 1. The third-order valence-corrected chi connectivity index (χ3v) is 3.02. The van der Waals surface area contributed by atoms with E-state index in [9.17, 15) is 0 Å². The van der Waals surface area contributed by atoms with E-state index in [-0.39, 0.29) is 0 Å². The molecule has 0 aromatic rings. The third kappa shape index (κ3) is 6.69. The van der Waals surface area contributed by atoms with Gasteiger partial charge < -0.3 is 5.32 Å². The smallest absolute Gasteiger partial charge is 0.0214 e. The lowest BCUT2D eigenvalue weighted by Crippen LogP contribution is -2.15. The molecular formula is C15H25N. The highest BCUT2D eigenvalue weighted by Gasteiger charge is 2.07. The van der Waals surface area contributed by atoms with Crippen LogP contribution in [0.2, 0.25) is 0 Å². The fourth-order valence-electron chi connectivity index (χ4n) is 2.01. The van der Waals surface area contributed by atoms with Crippen LogP contribution >= 0.6 is 0 Å². The van der Waals surface area contributed by atoms with E-state index in [0.717, 1.165) is 31.8 Å². The Hall–Kier alpha value is -0.740. The van der Waals surface area contributed by atoms with Gasteiger partial charge in [-0.05, 0) is 44.6 Å². The topological polar surface area (TPSA) is 12.0 Å². The SMILES string of the molecule is CCCNCCC#CCC1CCC=CCC1. The normalized spacial score (nSPS) is 16.6. The van der Waals surface area contributed by atoms with Crippen molar-refractivity contribution >= 4 is 0 Å². The zero-order chi connectivity index (χ0) is 11.5. The van der Waals surface area contributed by atoms with Crippen molar-refractivity contribution in [2.24, 2.45) is 5.92 Å². The maximum absolute atomic E-state index is 3.37. The van der Waals surface area contributed by atoms with Crippen molar-refractivity contribution in [1.29, 1.82) is 0 Å². The Balaban J connectivity index is 2.02. The van der Waals surface area contributed by atoms with E-state index in [1.165, 1.54) is 32.1 Å². The van der Waals surface area contributed by atoms with Gasteiger partial charge in [0, 0.05) is 19.4 Å².